The number of nitrogens with zero attached hydrogens (tertiary/aromatic N) is 1. The fourth-order valence-electron chi connectivity index (χ4n) is 1.91. The molecule has 2 rings (SSSR count). The van der Waals surface area contributed by atoms with Gasteiger partial charge in [0.2, 0.25) is 10.0 Å². The number of rotatable bonds is 6. The predicted octanol–water partition coefficient (Wildman–Crippen LogP) is 4.14. The number of thiophene rings is 1. The van der Waals surface area contributed by atoms with Gasteiger partial charge in [-0.15, -0.1) is 0 Å². The molecule has 3 nitrogen and oxygen atoms in total. The third kappa shape index (κ3) is 3.83. The van der Waals surface area contributed by atoms with Gasteiger partial charge in [-0.25, -0.2) is 12.8 Å². The number of hydrogen-bond donors (Lipinski definition) is 0. The molecule has 0 N–H and O–H groups in total. The molecule has 114 valence electrons. The van der Waals surface area contributed by atoms with E-state index in [2.05, 4.69) is 0 Å². The van der Waals surface area contributed by atoms with Crippen LogP contribution in [0.1, 0.15) is 18.9 Å². The molecule has 0 aliphatic carbocycles. The molecule has 7 heteroatoms. The molecule has 2 aromatic rings. The third-order valence-corrected chi connectivity index (χ3v) is 5.80. The van der Waals surface area contributed by atoms with Crippen molar-refractivity contribution in [1.82, 2.24) is 4.31 Å². The number of hydrogen-bond acceptors (Lipinski definition) is 3. The second-order valence-corrected chi connectivity index (χ2v) is 7.67. The summed E-state index contributed by atoms with van der Waals surface area (Å²) in [6.07, 6.45) is 0.693. The molecule has 0 amide bonds. The third-order valence-electron chi connectivity index (χ3n) is 2.94. The van der Waals surface area contributed by atoms with Crippen LogP contribution in [-0.2, 0) is 16.6 Å². The molecule has 1 heterocycles. The first-order chi connectivity index (χ1) is 9.95. The van der Waals surface area contributed by atoms with E-state index in [1.54, 1.807) is 0 Å². The molecule has 21 heavy (non-hydrogen) atoms. The minimum absolute atomic E-state index is 0.0116. The number of sulfonamides is 1. The molecular weight excluding hydrogens is 333 g/mol. The highest BCUT2D eigenvalue weighted by Crippen LogP contribution is 2.24. The van der Waals surface area contributed by atoms with Crippen molar-refractivity contribution >= 4 is 33.0 Å². The van der Waals surface area contributed by atoms with Crippen LogP contribution in [0, 0.1) is 5.82 Å². The Bertz CT molecular complexity index is 702. The highest BCUT2D eigenvalue weighted by Gasteiger charge is 2.24. The molecule has 1 aromatic heterocycles. The molecule has 0 radical (unpaired) electrons. The van der Waals surface area contributed by atoms with E-state index in [9.17, 15) is 12.8 Å². The smallest absolute Gasteiger partial charge is 0.207 e. The fraction of sp³-hybridized carbons (Fsp3) is 0.286. The summed E-state index contributed by atoms with van der Waals surface area (Å²) in [6, 6.07) is 5.36. The van der Waals surface area contributed by atoms with Crippen LogP contribution >= 0.6 is 22.9 Å². The van der Waals surface area contributed by atoms with Gasteiger partial charge in [0.1, 0.15) is 5.82 Å². The standard InChI is InChI=1S/C14H15ClFNO2S2/c1-2-6-17(9-11-5-7-20-10-11)21(18,19)12-3-4-14(16)13(15)8-12/h3-5,7-8,10H,2,6,9H2,1H3. The molecular formula is C14H15ClFNO2S2. The van der Waals surface area contributed by atoms with E-state index < -0.39 is 15.8 Å². The number of halogens is 2. The van der Waals surface area contributed by atoms with Crippen molar-refractivity contribution in [1.29, 1.82) is 0 Å². The van der Waals surface area contributed by atoms with Gasteiger partial charge >= 0.3 is 0 Å². The van der Waals surface area contributed by atoms with E-state index in [0.717, 1.165) is 17.7 Å². The van der Waals surface area contributed by atoms with Crippen LogP contribution in [-0.4, -0.2) is 19.3 Å². The van der Waals surface area contributed by atoms with Crippen LogP contribution in [0.5, 0.6) is 0 Å². The average Bonchev–Trinajstić information content (AvgIpc) is 2.94. The van der Waals surface area contributed by atoms with Gasteiger partial charge in [-0.2, -0.15) is 15.6 Å². The lowest BCUT2D eigenvalue weighted by Gasteiger charge is -2.21. The van der Waals surface area contributed by atoms with E-state index >= 15 is 0 Å². The Hall–Kier alpha value is -0.950. The Balaban J connectivity index is 2.34. The number of benzene rings is 1. The predicted molar refractivity (Wildman–Crippen MR) is 83.6 cm³/mol. The second-order valence-electron chi connectivity index (χ2n) is 4.55. The Kier molecular flexibility index (Phi) is 5.37. The Morgan fingerprint density at radius 3 is 2.67 bits per heavy atom. The van der Waals surface area contributed by atoms with Crippen molar-refractivity contribution < 1.29 is 12.8 Å². The summed E-state index contributed by atoms with van der Waals surface area (Å²) in [5, 5.41) is 3.62. The summed E-state index contributed by atoms with van der Waals surface area (Å²) >= 11 is 7.21. The van der Waals surface area contributed by atoms with Gasteiger partial charge in [-0.3, -0.25) is 0 Å². The summed E-state index contributed by atoms with van der Waals surface area (Å²) in [5.41, 5.74) is 0.935. The lowest BCUT2D eigenvalue weighted by atomic mass is 10.3. The minimum atomic E-state index is -3.69. The zero-order valence-electron chi connectivity index (χ0n) is 11.4. The SMILES string of the molecule is CCCN(Cc1ccsc1)S(=O)(=O)c1ccc(F)c(Cl)c1. The van der Waals surface area contributed by atoms with Crippen LogP contribution in [0.4, 0.5) is 4.39 Å². The molecule has 0 saturated heterocycles. The summed E-state index contributed by atoms with van der Waals surface area (Å²) in [7, 11) is -3.69. The van der Waals surface area contributed by atoms with Gasteiger partial charge in [0.15, 0.2) is 0 Å². The maximum atomic E-state index is 13.2. The van der Waals surface area contributed by atoms with Crippen molar-refractivity contribution in [2.75, 3.05) is 6.54 Å². The van der Waals surface area contributed by atoms with E-state index in [4.69, 9.17) is 11.6 Å². The Morgan fingerprint density at radius 2 is 2.10 bits per heavy atom. The van der Waals surface area contributed by atoms with Gasteiger partial charge in [0.05, 0.1) is 9.92 Å². The highest BCUT2D eigenvalue weighted by atomic mass is 35.5. The fourth-order valence-corrected chi connectivity index (χ4v) is 4.36. The first-order valence-electron chi connectivity index (χ1n) is 6.41. The van der Waals surface area contributed by atoms with Crippen molar-refractivity contribution in [3.8, 4) is 0 Å². The van der Waals surface area contributed by atoms with E-state index in [1.165, 1.54) is 21.7 Å². The molecule has 1 aromatic carbocycles. The molecule has 0 fully saturated rings. The lowest BCUT2D eigenvalue weighted by molar-refractivity contribution is 0.406. The Labute approximate surface area is 133 Å². The van der Waals surface area contributed by atoms with Gasteiger partial charge in [-0.1, -0.05) is 18.5 Å². The van der Waals surface area contributed by atoms with Crippen molar-refractivity contribution in [2.24, 2.45) is 0 Å². The van der Waals surface area contributed by atoms with Gasteiger partial charge in [0, 0.05) is 13.1 Å². The molecule has 0 saturated carbocycles. The van der Waals surface area contributed by atoms with Gasteiger partial charge in [0.25, 0.3) is 0 Å². The summed E-state index contributed by atoms with van der Waals surface area (Å²) in [5.74, 6) is -0.629. The largest absolute Gasteiger partial charge is 0.243 e. The topological polar surface area (TPSA) is 37.4 Å². The van der Waals surface area contributed by atoms with Crippen molar-refractivity contribution in [3.63, 3.8) is 0 Å². The van der Waals surface area contributed by atoms with Crippen LogP contribution < -0.4 is 0 Å². The van der Waals surface area contributed by atoms with E-state index in [-0.39, 0.29) is 9.92 Å². The van der Waals surface area contributed by atoms with Crippen LogP contribution in [0.15, 0.2) is 39.9 Å². The van der Waals surface area contributed by atoms with E-state index in [1.807, 2.05) is 23.8 Å². The molecule has 0 atom stereocenters. The molecule has 0 aliphatic heterocycles. The van der Waals surface area contributed by atoms with Gasteiger partial charge < -0.3 is 0 Å². The van der Waals surface area contributed by atoms with Crippen LogP contribution in [0.25, 0.3) is 0 Å². The highest BCUT2D eigenvalue weighted by molar-refractivity contribution is 7.89. The molecule has 0 aliphatic rings. The Morgan fingerprint density at radius 1 is 1.33 bits per heavy atom. The van der Waals surface area contributed by atoms with Crippen molar-refractivity contribution in [2.45, 2.75) is 24.8 Å². The second kappa shape index (κ2) is 6.87. The quantitative estimate of drug-likeness (QED) is 0.787. The first-order valence-corrected chi connectivity index (χ1v) is 9.17. The summed E-state index contributed by atoms with van der Waals surface area (Å²) in [6.45, 7) is 2.61. The lowest BCUT2D eigenvalue weighted by Crippen LogP contribution is -2.31. The average molecular weight is 348 g/mol. The monoisotopic (exact) mass is 347 g/mol. The van der Waals surface area contributed by atoms with Crippen LogP contribution in [0.3, 0.4) is 0 Å². The zero-order chi connectivity index (χ0) is 15.5. The summed E-state index contributed by atoms with van der Waals surface area (Å²) in [4.78, 5) is 0.0116. The van der Waals surface area contributed by atoms with Gasteiger partial charge in [-0.05, 0) is 47.0 Å². The summed E-state index contributed by atoms with van der Waals surface area (Å²) < 4.78 is 39.9. The molecule has 0 bridgehead atoms. The normalized spacial score (nSPS) is 12.0. The molecule has 0 spiro atoms. The van der Waals surface area contributed by atoms with E-state index in [0.29, 0.717) is 19.5 Å². The van der Waals surface area contributed by atoms with Crippen LogP contribution in [0.2, 0.25) is 5.02 Å². The maximum Gasteiger partial charge on any atom is 0.243 e. The minimum Gasteiger partial charge on any atom is -0.207 e. The zero-order valence-corrected chi connectivity index (χ0v) is 13.8. The maximum absolute atomic E-state index is 13.2. The molecule has 0 unspecified atom stereocenters. The first kappa shape index (κ1) is 16.4. The van der Waals surface area contributed by atoms with Crippen molar-refractivity contribution in [3.05, 3.63) is 51.4 Å².